The van der Waals surface area contributed by atoms with Crippen LogP contribution in [0.5, 0.6) is 0 Å². The van der Waals surface area contributed by atoms with Crippen molar-refractivity contribution in [3.8, 4) is 0 Å². The first kappa shape index (κ1) is 11.5. The lowest BCUT2D eigenvalue weighted by Gasteiger charge is -2.00. The van der Waals surface area contributed by atoms with Crippen LogP contribution in [0.4, 0.5) is 0 Å². The van der Waals surface area contributed by atoms with Crippen LogP contribution in [0.2, 0.25) is 0 Å². The summed E-state index contributed by atoms with van der Waals surface area (Å²) >= 11 is 0. The quantitative estimate of drug-likeness (QED) is 0.835. The molecule has 1 N–H and O–H groups in total. The molecule has 1 aliphatic rings. The number of amides is 1. The molecule has 1 aromatic heterocycles. The zero-order valence-corrected chi connectivity index (χ0v) is 10.4. The van der Waals surface area contributed by atoms with Gasteiger partial charge in [0.2, 0.25) is 0 Å². The van der Waals surface area contributed by atoms with E-state index >= 15 is 0 Å². The Bertz CT molecular complexity index is 665. The summed E-state index contributed by atoms with van der Waals surface area (Å²) in [5.74, 6) is 0.967. The topological polar surface area (TPSA) is 54.6 Å². The molecular formula is C15H12N2O2. The summed E-state index contributed by atoms with van der Waals surface area (Å²) in [4.78, 5) is 16.1. The molecule has 0 radical (unpaired) electrons. The van der Waals surface area contributed by atoms with Crippen LogP contribution in [0.25, 0.3) is 6.08 Å². The van der Waals surface area contributed by atoms with Gasteiger partial charge in [-0.3, -0.25) is 4.79 Å². The number of nitrogens with zero attached hydrogens (tertiary/aromatic N) is 1. The molecule has 2 aromatic rings. The molecule has 19 heavy (non-hydrogen) atoms. The second-order valence-corrected chi connectivity index (χ2v) is 4.33. The average Bonchev–Trinajstić information content (AvgIpc) is 3.02. The number of rotatable bonds is 2. The van der Waals surface area contributed by atoms with Gasteiger partial charge in [-0.05, 0) is 19.1 Å². The molecule has 4 heteroatoms. The first-order valence-electron chi connectivity index (χ1n) is 5.95. The van der Waals surface area contributed by atoms with E-state index in [4.69, 9.17) is 4.42 Å². The molecule has 3 rings (SSSR count). The van der Waals surface area contributed by atoms with Crippen molar-refractivity contribution in [3.63, 3.8) is 0 Å². The predicted molar refractivity (Wildman–Crippen MR) is 72.5 cm³/mol. The summed E-state index contributed by atoms with van der Waals surface area (Å²) in [5.41, 5.74) is 2.41. The molecule has 2 heterocycles. The minimum Gasteiger partial charge on any atom is -0.465 e. The van der Waals surface area contributed by atoms with Gasteiger partial charge in [-0.2, -0.15) is 0 Å². The molecule has 1 aliphatic heterocycles. The van der Waals surface area contributed by atoms with Crippen LogP contribution >= 0.6 is 0 Å². The maximum atomic E-state index is 11.8. The van der Waals surface area contributed by atoms with E-state index in [9.17, 15) is 4.79 Å². The first-order chi connectivity index (χ1) is 9.22. The van der Waals surface area contributed by atoms with E-state index in [-0.39, 0.29) is 5.91 Å². The second-order valence-electron chi connectivity index (χ2n) is 4.33. The van der Waals surface area contributed by atoms with E-state index in [0.717, 1.165) is 5.56 Å². The smallest absolute Gasteiger partial charge is 0.275 e. The highest BCUT2D eigenvalue weighted by Gasteiger charge is 2.21. The molecule has 94 valence electrons. The Labute approximate surface area is 110 Å². The second kappa shape index (κ2) is 4.57. The van der Waals surface area contributed by atoms with Crippen molar-refractivity contribution in [2.75, 3.05) is 0 Å². The van der Waals surface area contributed by atoms with Crippen molar-refractivity contribution in [2.24, 2.45) is 4.99 Å². The Morgan fingerprint density at radius 1 is 1.21 bits per heavy atom. The zero-order chi connectivity index (χ0) is 13.2. The zero-order valence-electron chi connectivity index (χ0n) is 10.4. The first-order valence-corrected chi connectivity index (χ1v) is 5.95. The van der Waals surface area contributed by atoms with Gasteiger partial charge in [-0.1, -0.05) is 29.8 Å². The average molecular weight is 252 g/mol. The van der Waals surface area contributed by atoms with Crippen molar-refractivity contribution in [2.45, 2.75) is 6.92 Å². The molecule has 0 bridgehead atoms. The molecule has 0 saturated carbocycles. The van der Waals surface area contributed by atoms with Gasteiger partial charge in [0.15, 0.2) is 0 Å². The van der Waals surface area contributed by atoms with Crippen molar-refractivity contribution in [1.29, 1.82) is 0 Å². The fraction of sp³-hybridized carbons (Fsp3) is 0.0667. The summed E-state index contributed by atoms with van der Waals surface area (Å²) in [6, 6.07) is 11.4. The van der Waals surface area contributed by atoms with Gasteiger partial charge in [0.05, 0.1) is 6.26 Å². The molecule has 0 aliphatic carbocycles. The molecule has 0 spiro atoms. The number of hydrogen-bond donors (Lipinski definition) is 1. The van der Waals surface area contributed by atoms with E-state index in [0.29, 0.717) is 17.3 Å². The Kier molecular flexibility index (Phi) is 2.76. The van der Waals surface area contributed by atoms with Crippen LogP contribution in [0.1, 0.15) is 16.9 Å². The molecule has 4 nitrogen and oxygen atoms in total. The number of nitrogens with one attached hydrogen (secondary N) is 1. The summed E-state index contributed by atoms with van der Waals surface area (Å²) < 4.78 is 5.17. The van der Waals surface area contributed by atoms with Crippen molar-refractivity contribution < 1.29 is 9.21 Å². The Hall–Kier alpha value is -2.62. The van der Waals surface area contributed by atoms with Crippen molar-refractivity contribution >= 4 is 17.8 Å². The molecule has 1 aromatic carbocycles. The summed E-state index contributed by atoms with van der Waals surface area (Å²) in [5, 5.41) is 2.75. The number of carbonyl (C=O) groups excluding carboxylic acids is 1. The SMILES string of the molecule is Cc1ccc(C2=NC(=Cc3ccco3)C(=O)N2)cc1. The highest BCUT2D eigenvalue weighted by molar-refractivity contribution is 6.19. The summed E-state index contributed by atoms with van der Waals surface area (Å²) in [7, 11) is 0. The molecule has 0 unspecified atom stereocenters. The lowest BCUT2D eigenvalue weighted by atomic mass is 10.1. The fourth-order valence-corrected chi connectivity index (χ4v) is 1.82. The third-order valence-electron chi connectivity index (χ3n) is 2.84. The van der Waals surface area contributed by atoms with Crippen LogP contribution in [0, 0.1) is 6.92 Å². The monoisotopic (exact) mass is 252 g/mol. The molecule has 0 atom stereocenters. The van der Waals surface area contributed by atoms with Gasteiger partial charge in [-0.25, -0.2) is 4.99 Å². The number of benzene rings is 1. The van der Waals surface area contributed by atoms with Crippen molar-refractivity contribution in [3.05, 3.63) is 65.2 Å². The Morgan fingerprint density at radius 2 is 2.00 bits per heavy atom. The minimum atomic E-state index is -0.216. The van der Waals surface area contributed by atoms with Gasteiger partial charge in [0.1, 0.15) is 17.3 Å². The molecule has 1 amide bonds. The van der Waals surface area contributed by atoms with E-state index in [1.807, 2.05) is 31.2 Å². The standard InChI is InChI=1S/C15H12N2O2/c1-10-4-6-11(7-5-10)14-16-13(15(18)17-14)9-12-3-2-8-19-12/h2-9H,1H3,(H,16,17,18). The largest absolute Gasteiger partial charge is 0.465 e. The maximum Gasteiger partial charge on any atom is 0.275 e. The Morgan fingerprint density at radius 3 is 2.68 bits per heavy atom. The molecule has 0 saturated heterocycles. The number of amidine groups is 1. The predicted octanol–water partition coefficient (Wildman–Crippen LogP) is 2.51. The lowest BCUT2D eigenvalue weighted by Crippen LogP contribution is -2.24. The highest BCUT2D eigenvalue weighted by Crippen LogP contribution is 2.15. The van der Waals surface area contributed by atoms with Crippen molar-refractivity contribution in [1.82, 2.24) is 5.32 Å². The maximum absolute atomic E-state index is 11.8. The molecule has 0 fully saturated rings. The third-order valence-corrected chi connectivity index (χ3v) is 2.84. The number of aliphatic imine (C=N–C) groups is 1. The highest BCUT2D eigenvalue weighted by atomic mass is 16.3. The van der Waals surface area contributed by atoms with E-state index < -0.39 is 0 Å². The van der Waals surface area contributed by atoms with Crippen LogP contribution in [0.3, 0.4) is 0 Å². The van der Waals surface area contributed by atoms with E-state index in [1.54, 1.807) is 24.5 Å². The fourth-order valence-electron chi connectivity index (χ4n) is 1.82. The minimum absolute atomic E-state index is 0.216. The van der Waals surface area contributed by atoms with Gasteiger partial charge >= 0.3 is 0 Å². The van der Waals surface area contributed by atoms with Crippen LogP contribution in [0.15, 0.2) is 57.8 Å². The van der Waals surface area contributed by atoms with E-state index in [2.05, 4.69) is 10.3 Å². The van der Waals surface area contributed by atoms with E-state index in [1.165, 1.54) is 5.56 Å². The van der Waals surface area contributed by atoms with Gasteiger partial charge < -0.3 is 9.73 Å². The normalized spacial score (nSPS) is 16.6. The lowest BCUT2D eigenvalue weighted by molar-refractivity contribution is -0.115. The van der Waals surface area contributed by atoms with Crippen LogP contribution in [-0.4, -0.2) is 11.7 Å². The van der Waals surface area contributed by atoms with Crippen LogP contribution in [-0.2, 0) is 4.79 Å². The van der Waals surface area contributed by atoms with Gasteiger partial charge in [0, 0.05) is 11.6 Å². The number of furan rings is 1. The third kappa shape index (κ3) is 2.33. The number of carbonyl (C=O) groups is 1. The van der Waals surface area contributed by atoms with Crippen LogP contribution < -0.4 is 5.32 Å². The van der Waals surface area contributed by atoms with Gasteiger partial charge in [0.25, 0.3) is 5.91 Å². The summed E-state index contributed by atoms with van der Waals surface area (Å²) in [6.45, 7) is 2.01. The number of hydrogen-bond acceptors (Lipinski definition) is 3. The van der Waals surface area contributed by atoms with Gasteiger partial charge in [-0.15, -0.1) is 0 Å². The molecular weight excluding hydrogens is 240 g/mol. The summed E-state index contributed by atoms with van der Waals surface area (Å²) in [6.07, 6.45) is 3.18. The Balaban J connectivity index is 1.93. The number of aryl methyl sites for hydroxylation is 1.